The number of hydrogen-bond acceptors (Lipinski definition) is 4. The van der Waals surface area contributed by atoms with Gasteiger partial charge in [-0.05, 0) is 42.2 Å². The van der Waals surface area contributed by atoms with E-state index >= 15 is 0 Å². The fourth-order valence-electron chi connectivity index (χ4n) is 4.39. The molecule has 34 heavy (non-hydrogen) atoms. The number of nitrogens with one attached hydrogen (secondary N) is 1. The van der Waals surface area contributed by atoms with Gasteiger partial charge in [-0.3, -0.25) is 4.79 Å². The fraction of sp³-hybridized carbons (Fsp3) is 0.296. The summed E-state index contributed by atoms with van der Waals surface area (Å²) in [6.45, 7) is 2.12. The maximum absolute atomic E-state index is 13.5. The number of rotatable bonds is 8. The zero-order valence-electron chi connectivity index (χ0n) is 19.6. The van der Waals surface area contributed by atoms with Crippen molar-refractivity contribution in [3.63, 3.8) is 0 Å². The average Bonchev–Trinajstić information content (AvgIpc) is 3.40. The molecule has 0 spiro atoms. The van der Waals surface area contributed by atoms with E-state index in [1.165, 1.54) is 24.5 Å². The van der Waals surface area contributed by atoms with Crippen LogP contribution < -0.4 is 10.2 Å². The zero-order chi connectivity index (χ0) is 24.1. The molecule has 0 aliphatic carbocycles. The first-order valence-corrected chi connectivity index (χ1v) is 13.0. The Hall–Kier alpha value is -3.16. The molecule has 1 fully saturated rings. The molecule has 0 bridgehead atoms. The molecule has 1 aliphatic rings. The van der Waals surface area contributed by atoms with E-state index in [0.29, 0.717) is 12.1 Å². The highest BCUT2D eigenvalue weighted by Crippen LogP contribution is 2.29. The lowest BCUT2D eigenvalue weighted by molar-refractivity contribution is 0.0952. The van der Waals surface area contributed by atoms with Crippen molar-refractivity contribution in [2.24, 2.45) is 0 Å². The minimum Gasteiger partial charge on any atom is -0.371 e. The highest BCUT2D eigenvalue weighted by molar-refractivity contribution is 7.89. The Bertz CT molecular complexity index is 1180. The minimum absolute atomic E-state index is 0.0183. The van der Waals surface area contributed by atoms with Crippen LogP contribution in [-0.2, 0) is 10.0 Å². The number of amides is 1. The minimum atomic E-state index is -3.66. The van der Waals surface area contributed by atoms with Crippen molar-refractivity contribution in [3.8, 4) is 0 Å². The SMILES string of the molecule is CN(C)S(=O)(=O)c1ccc(N2CCCC2)c(C(=O)NCC(c2ccccc2)c2ccccc2)c1. The second-order valence-electron chi connectivity index (χ2n) is 8.74. The first-order valence-electron chi connectivity index (χ1n) is 11.6. The molecular weight excluding hydrogens is 446 g/mol. The highest BCUT2D eigenvalue weighted by Gasteiger charge is 2.25. The number of carbonyl (C=O) groups is 1. The Morgan fingerprint density at radius 2 is 1.47 bits per heavy atom. The molecule has 0 saturated carbocycles. The predicted octanol–water partition coefficient (Wildman–Crippen LogP) is 4.10. The van der Waals surface area contributed by atoms with Gasteiger partial charge < -0.3 is 10.2 Å². The number of anilines is 1. The van der Waals surface area contributed by atoms with Crippen LogP contribution in [0.15, 0.2) is 83.8 Å². The lowest BCUT2D eigenvalue weighted by atomic mass is 9.91. The van der Waals surface area contributed by atoms with Crippen LogP contribution in [0.3, 0.4) is 0 Å². The molecule has 7 heteroatoms. The third-order valence-electron chi connectivity index (χ3n) is 6.31. The largest absolute Gasteiger partial charge is 0.371 e. The molecule has 0 radical (unpaired) electrons. The van der Waals surface area contributed by atoms with Gasteiger partial charge in [0, 0.05) is 45.3 Å². The van der Waals surface area contributed by atoms with E-state index in [4.69, 9.17) is 0 Å². The first-order chi connectivity index (χ1) is 16.4. The van der Waals surface area contributed by atoms with Crippen LogP contribution in [0.2, 0.25) is 0 Å². The monoisotopic (exact) mass is 477 g/mol. The molecule has 1 saturated heterocycles. The van der Waals surface area contributed by atoms with Gasteiger partial charge in [0.15, 0.2) is 0 Å². The van der Waals surface area contributed by atoms with E-state index in [-0.39, 0.29) is 16.7 Å². The van der Waals surface area contributed by atoms with Crippen molar-refractivity contribution in [1.82, 2.24) is 9.62 Å². The Labute approximate surface area is 202 Å². The van der Waals surface area contributed by atoms with Crippen LogP contribution in [0.25, 0.3) is 0 Å². The van der Waals surface area contributed by atoms with Crippen LogP contribution in [0.4, 0.5) is 5.69 Å². The van der Waals surface area contributed by atoms with Crippen LogP contribution in [-0.4, -0.2) is 52.4 Å². The first kappa shape index (κ1) is 24.0. The van der Waals surface area contributed by atoms with Crippen molar-refractivity contribution < 1.29 is 13.2 Å². The number of nitrogens with zero attached hydrogens (tertiary/aromatic N) is 2. The third-order valence-corrected chi connectivity index (χ3v) is 8.12. The van der Waals surface area contributed by atoms with Crippen molar-refractivity contribution in [1.29, 1.82) is 0 Å². The number of hydrogen-bond donors (Lipinski definition) is 1. The smallest absolute Gasteiger partial charge is 0.253 e. The summed E-state index contributed by atoms with van der Waals surface area (Å²) in [6, 6.07) is 25.0. The van der Waals surface area contributed by atoms with Gasteiger partial charge in [0.05, 0.1) is 10.5 Å². The Morgan fingerprint density at radius 3 is 2.00 bits per heavy atom. The molecular formula is C27H31N3O3S. The second-order valence-corrected chi connectivity index (χ2v) is 10.9. The second kappa shape index (κ2) is 10.4. The number of benzene rings is 3. The summed E-state index contributed by atoms with van der Waals surface area (Å²) in [4.78, 5) is 15.8. The summed E-state index contributed by atoms with van der Waals surface area (Å²) in [5.41, 5.74) is 3.39. The summed E-state index contributed by atoms with van der Waals surface area (Å²) < 4.78 is 26.7. The zero-order valence-corrected chi connectivity index (χ0v) is 20.5. The Kier molecular flexibility index (Phi) is 7.34. The normalized spacial score (nSPS) is 14.1. The third kappa shape index (κ3) is 5.16. The molecule has 1 N–H and O–H groups in total. The Balaban J connectivity index is 1.65. The standard InChI is InChI=1S/C27H31N3O3S/c1-29(2)34(32,33)23-15-16-26(30-17-9-10-18-30)24(19-23)27(31)28-20-25(21-11-5-3-6-12-21)22-13-7-4-8-14-22/h3-8,11-16,19,25H,9-10,17-18,20H2,1-2H3,(H,28,31). The van der Waals surface area contributed by atoms with Crippen LogP contribution >= 0.6 is 0 Å². The van der Waals surface area contributed by atoms with E-state index < -0.39 is 10.0 Å². The van der Waals surface area contributed by atoms with Gasteiger partial charge in [-0.25, -0.2) is 12.7 Å². The molecule has 3 aromatic carbocycles. The highest BCUT2D eigenvalue weighted by atomic mass is 32.2. The lowest BCUT2D eigenvalue weighted by Gasteiger charge is -2.23. The summed E-state index contributed by atoms with van der Waals surface area (Å²) in [7, 11) is -0.668. The van der Waals surface area contributed by atoms with Gasteiger partial charge in [0.25, 0.3) is 5.91 Å². The summed E-state index contributed by atoms with van der Waals surface area (Å²) >= 11 is 0. The molecule has 1 amide bonds. The van der Waals surface area contributed by atoms with Crippen molar-refractivity contribution in [2.45, 2.75) is 23.7 Å². The molecule has 3 aromatic rings. The van der Waals surface area contributed by atoms with Gasteiger partial charge in [0.2, 0.25) is 10.0 Å². The molecule has 4 rings (SSSR count). The summed E-state index contributed by atoms with van der Waals surface area (Å²) in [6.07, 6.45) is 2.12. The quantitative estimate of drug-likeness (QED) is 0.530. The van der Waals surface area contributed by atoms with Gasteiger partial charge in [-0.1, -0.05) is 60.7 Å². The molecule has 0 aromatic heterocycles. The topological polar surface area (TPSA) is 69.7 Å². The van der Waals surface area contributed by atoms with Gasteiger partial charge in [-0.15, -0.1) is 0 Å². The molecule has 6 nitrogen and oxygen atoms in total. The molecule has 0 atom stereocenters. The van der Waals surface area contributed by atoms with Crippen molar-refractivity contribution >= 4 is 21.6 Å². The lowest BCUT2D eigenvalue weighted by Crippen LogP contribution is -2.31. The van der Waals surface area contributed by atoms with Crippen LogP contribution in [0.1, 0.15) is 40.2 Å². The molecule has 1 heterocycles. The predicted molar refractivity (Wildman–Crippen MR) is 136 cm³/mol. The summed E-state index contributed by atoms with van der Waals surface area (Å²) in [5.74, 6) is -0.287. The van der Waals surface area contributed by atoms with E-state index in [1.807, 2.05) is 36.4 Å². The van der Waals surface area contributed by atoms with Gasteiger partial charge in [-0.2, -0.15) is 0 Å². The summed E-state index contributed by atoms with van der Waals surface area (Å²) in [5, 5.41) is 3.09. The van der Waals surface area contributed by atoms with Gasteiger partial charge >= 0.3 is 0 Å². The molecule has 178 valence electrons. The van der Waals surface area contributed by atoms with Crippen LogP contribution in [0.5, 0.6) is 0 Å². The van der Waals surface area contributed by atoms with Gasteiger partial charge in [0.1, 0.15) is 0 Å². The Morgan fingerprint density at radius 1 is 0.912 bits per heavy atom. The average molecular weight is 478 g/mol. The molecule has 1 aliphatic heterocycles. The maximum atomic E-state index is 13.5. The fourth-order valence-corrected chi connectivity index (χ4v) is 5.32. The van der Waals surface area contributed by atoms with E-state index in [1.54, 1.807) is 12.1 Å². The van der Waals surface area contributed by atoms with E-state index in [0.717, 1.165) is 42.7 Å². The van der Waals surface area contributed by atoms with E-state index in [9.17, 15) is 13.2 Å². The number of sulfonamides is 1. The van der Waals surface area contributed by atoms with Crippen molar-refractivity contribution in [2.75, 3.05) is 38.6 Å². The maximum Gasteiger partial charge on any atom is 0.253 e. The molecule has 0 unspecified atom stereocenters. The number of carbonyl (C=O) groups excluding carboxylic acids is 1. The van der Waals surface area contributed by atoms with Crippen molar-refractivity contribution in [3.05, 3.63) is 95.6 Å². The van der Waals surface area contributed by atoms with E-state index in [2.05, 4.69) is 34.5 Å². The van der Waals surface area contributed by atoms with Crippen LogP contribution in [0, 0.1) is 0 Å².